The summed E-state index contributed by atoms with van der Waals surface area (Å²) in [6.45, 7) is 3.89. The van der Waals surface area contributed by atoms with Gasteiger partial charge < -0.3 is 4.57 Å². The average molecular weight is 300 g/mol. The zero-order valence-electron chi connectivity index (χ0n) is 11.5. The largest absolute Gasteiger partial charge is 0.301 e. The number of carbonyl (C=O) groups excluding carboxylic acids is 2. The molecule has 1 aliphatic rings. The van der Waals surface area contributed by atoms with Crippen LogP contribution in [0.2, 0.25) is 0 Å². The van der Waals surface area contributed by atoms with Gasteiger partial charge in [0, 0.05) is 23.8 Å². The Balaban J connectivity index is 2.05. The molecule has 1 saturated heterocycles. The van der Waals surface area contributed by atoms with Crippen molar-refractivity contribution in [3.8, 4) is 5.82 Å². The Kier molecular flexibility index (Phi) is 3.34. The molecular formula is C14H12N4O2S. The van der Waals surface area contributed by atoms with E-state index >= 15 is 0 Å². The second-order valence-electron chi connectivity index (χ2n) is 4.58. The fourth-order valence-electron chi connectivity index (χ4n) is 2.26. The molecule has 0 aromatic carbocycles. The molecule has 1 N–H and O–H groups in total. The van der Waals surface area contributed by atoms with Crippen LogP contribution >= 0.6 is 11.8 Å². The first-order valence-corrected chi connectivity index (χ1v) is 7.08. The second-order valence-corrected chi connectivity index (χ2v) is 5.59. The van der Waals surface area contributed by atoms with Gasteiger partial charge in [0.05, 0.1) is 11.1 Å². The molecule has 0 radical (unpaired) electrons. The molecule has 7 heteroatoms. The Morgan fingerprint density at radius 3 is 2.71 bits per heavy atom. The Labute approximate surface area is 125 Å². The standard InChI is InChI=1S/C14H12N4O2S/c1-8-5-10(6-11-13(19)17-14(20)21-11)9(2)18(8)12-7-15-3-4-16-12/h3-7H,1-2H3,(H,17,19,20)/b11-6-. The predicted octanol–water partition coefficient (Wildman–Crippen LogP) is 2.21. The van der Waals surface area contributed by atoms with Crippen LogP contribution < -0.4 is 5.32 Å². The van der Waals surface area contributed by atoms with E-state index in [0.717, 1.165) is 34.5 Å². The first-order chi connectivity index (χ1) is 10.1. The SMILES string of the molecule is Cc1cc(/C=C2\SC(=O)NC2=O)c(C)n1-c1cnccn1. The van der Waals surface area contributed by atoms with E-state index in [4.69, 9.17) is 0 Å². The molecule has 0 unspecified atom stereocenters. The van der Waals surface area contributed by atoms with Crippen molar-refractivity contribution in [1.29, 1.82) is 0 Å². The summed E-state index contributed by atoms with van der Waals surface area (Å²) < 4.78 is 1.96. The highest BCUT2D eigenvalue weighted by molar-refractivity contribution is 8.18. The molecule has 1 aliphatic heterocycles. The molecule has 1 fully saturated rings. The maximum absolute atomic E-state index is 11.6. The summed E-state index contributed by atoms with van der Waals surface area (Å²) in [6, 6.07) is 1.95. The van der Waals surface area contributed by atoms with E-state index in [0.29, 0.717) is 4.91 Å². The lowest BCUT2D eigenvalue weighted by atomic mass is 10.2. The van der Waals surface area contributed by atoms with Crippen LogP contribution in [0.4, 0.5) is 4.79 Å². The van der Waals surface area contributed by atoms with Crippen LogP contribution in [0.5, 0.6) is 0 Å². The Morgan fingerprint density at radius 2 is 2.10 bits per heavy atom. The Morgan fingerprint density at radius 1 is 1.29 bits per heavy atom. The molecule has 0 atom stereocenters. The first kappa shape index (κ1) is 13.6. The van der Waals surface area contributed by atoms with E-state index in [-0.39, 0.29) is 11.1 Å². The number of aryl methyl sites for hydroxylation is 1. The minimum absolute atomic E-state index is 0.339. The third-order valence-electron chi connectivity index (χ3n) is 3.18. The lowest BCUT2D eigenvalue weighted by molar-refractivity contribution is -0.115. The van der Waals surface area contributed by atoms with Gasteiger partial charge in [0.2, 0.25) is 0 Å². The molecule has 0 bridgehead atoms. The number of aromatic nitrogens is 3. The molecule has 3 heterocycles. The molecule has 0 aliphatic carbocycles. The van der Waals surface area contributed by atoms with Crippen molar-refractivity contribution >= 4 is 29.0 Å². The predicted molar refractivity (Wildman–Crippen MR) is 79.9 cm³/mol. The minimum Gasteiger partial charge on any atom is -0.301 e. The number of hydrogen-bond donors (Lipinski definition) is 1. The summed E-state index contributed by atoms with van der Waals surface area (Å²) in [5, 5.41) is 1.91. The highest BCUT2D eigenvalue weighted by Crippen LogP contribution is 2.28. The maximum Gasteiger partial charge on any atom is 0.290 e. The van der Waals surface area contributed by atoms with Crippen molar-refractivity contribution in [2.75, 3.05) is 0 Å². The van der Waals surface area contributed by atoms with Gasteiger partial charge in [-0.05, 0) is 43.3 Å². The van der Waals surface area contributed by atoms with Gasteiger partial charge in [0.25, 0.3) is 11.1 Å². The molecule has 2 amide bonds. The van der Waals surface area contributed by atoms with Gasteiger partial charge in [0.15, 0.2) is 5.82 Å². The van der Waals surface area contributed by atoms with Crippen LogP contribution in [0.25, 0.3) is 11.9 Å². The molecule has 6 nitrogen and oxygen atoms in total. The van der Waals surface area contributed by atoms with E-state index in [9.17, 15) is 9.59 Å². The van der Waals surface area contributed by atoms with E-state index in [1.165, 1.54) is 0 Å². The van der Waals surface area contributed by atoms with Gasteiger partial charge in [-0.2, -0.15) is 0 Å². The fraction of sp³-hybridized carbons (Fsp3) is 0.143. The normalized spacial score (nSPS) is 16.6. The number of rotatable bonds is 2. The summed E-state index contributed by atoms with van der Waals surface area (Å²) in [4.78, 5) is 31.6. The summed E-state index contributed by atoms with van der Waals surface area (Å²) in [5.41, 5.74) is 2.80. The van der Waals surface area contributed by atoms with E-state index in [1.807, 2.05) is 24.5 Å². The summed E-state index contributed by atoms with van der Waals surface area (Å²) in [6.07, 6.45) is 6.65. The second kappa shape index (κ2) is 5.17. The quantitative estimate of drug-likeness (QED) is 0.860. The van der Waals surface area contributed by atoms with Crippen molar-refractivity contribution in [3.05, 3.63) is 46.5 Å². The lowest BCUT2D eigenvalue weighted by Crippen LogP contribution is -2.17. The number of thioether (sulfide) groups is 1. The van der Waals surface area contributed by atoms with Gasteiger partial charge in [-0.3, -0.25) is 19.9 Å². The molecule has 21 heavy (non-hydrogen) atoms. The van der Waals surface area contributed by atoms with E-state index in [2.05, 4.69) is 15.3 Å². The van der Waals surface area contributed by atoms with Crippen molar-refractivity contribution in [1.82, 2.24) is 19.9 Å². The first-order valence-electron chi connectivity index (χ1n) is 6.26. The maximum atomic E-state index is 11.6. The van der Waals surface area contributed by atoms with Crippen molar-refractivity contribution in [2.24, 2.45) is 0 Å². The summed E-state index contributed by atoms with van der Waals surface area (Å²) in [5.74, 6) is 0.367. The van der Waals surface area contributed by atoms with Crippen molar-refractivity contribution < 1.29 is 9.59 Å². The number of amides is 2. The third-order valence-corrected chi connectivity index (χ3v) is 3.99. The van der Waals surface area contributed by atoms with Crippen LogP contribution in [0.15, 0.2) is 29.6 Å². The van der Waals surface area contributed by atoms with Gasteiger partial charge >= 0.3 is 0 Å². The van der Waals surface area contributed by atoms with Crippen LogP contribution in [0.3, 0.4) is 0 Å². The van der Waals surface area contributed by atoms with Gasteiger partial charge in [0.1, 0.15) is 0 Å². The fourth-order valence-corrected chi connectivity index (χ4v) is 2.93. The lowest BCUT2D eigenvalue weighted by Gasteiger charge is -2.07. The monoisotopic (exact) mass is 300 g/mol. The van der Waals surface area contributed by atoms with E-state index in [1.54, 1.807) is 24.7 Å². The van der Waals surface area contributed by atoms with Crippen molar-refractivity contribution in [2.45, 2.75) is 13.8 Å². The average Bonchev–Trinajstić information content (AvgIpc) is 2.91. The number of imide groups is 1. The zero-order valence-corrected chi connectivity index (χ0v) is 12.3. The van der Waals surface area contributed by atoms with Gasteiger partial charge in [-0.1, -0.05) is 0 Å². The smallest absolute Gasteiger partial charge is 0.290 e. The molecule has 2 aromatic heterocycles. The van der Waals surface area contributed by atoms with Crippen LogP contribution in [0, 0.1) is 13.8 Å². The zero-order chi connectivity index (χ0) is 15.0. The van der Waals surface area contributed by atoms with Crippen LogP contribution in [-0.2, 0) is 4.79 Å². The molecule has 106 valence electrons. The topological polar surface area (TPSA) is 76.9 Å². The molecular weight excluding hydrogens is 288 g/mol. The third kappa shape index (κ3) is 2.47. The summed E-state index contributed by atoms with van der Waals surface area (Å²) >= 11 is 0.912. The number of carbonyl (C=O) groups is 2. The molecule has 3 rings (SSSR count). The molecule has 2 aromatic rings. The summed E-state index contributed by atoms with van der Waals surface area (Å²) in [7, 11) is 0. The Bertz CT molecular complexity index is 765. The van der Waals surface area contributed by atoms with Crippen LogP contribution in [0.1, 0.15) is 17.0 Å². The number of hydrogen-bond acceptors (Lipinski definition) is 5. The van der Waals surface area contributed by atoms with Crippen molar-refractivity contribution in [3.63, 3.8) is 0 Å². The van der Waals surface area contributed by atoms with E-state index < -0.39 is 0 Å². The van der Waals surface area contributed by atoms with Crippen LogP contribution in [-0.4, -0.2) is 25.7 Å². The Hall–Kier alpha value is -2.41. The molecule has 0 spiro atoms. The number of nitrogens with zero attached hydrogens (tertiary/aromatic N) is 3. The minimum atomic E-state index is -0.352. The number of nitrogens with one attached hydrogen (secondary N) is 1. The van der Waals surface area contributed by atoms with Gasteiger partial charge in [-0.25, -0.2) is 4.98 Å². The molecule has 0 saturated carbocycles. The van der Waals surface area contributed by atoms with Gasteiger partial charge in [-0.15, -0.1) is 0 Å². The highest BCUT2D eigenvalue weighted by Gasteiger charge is 2.25. The highest BCUT2D eigenvalue weighted by atomic mass is 32.2.